The number of carbonyl (C=O) groups is 1. The maximum atomic E-state index is 12.5. The van der Waals surface area contributed by atoms with Crippen molar-refractivity contribution >= 4 is 29.1 Å². The van der Waals surface area contributed by atoms with Gasteiger partial charge in [-0.2, -0.15) is 4.98 Å². The third kappa shape index (κ3) is 2.48. The molecule has 0 aliphatic heterocycles. The van der Waals surface area contributed by atoms with Crippen molar-refractivity contribution in [2.24, 2.45) is 0 Å². The van der Waals surface area contributed by atoms with Crippen molar-refractivity contribution in [2.45, 2.75) is 19.9 Å². The molecule has 0 radical (unpaired) electrons. The number of imidazole rings is 1. The summed E-state index contributed by atoms with van der Waals surface area (Å²) in [6.07, 6.45) is 1.66. The van der Waals surface area contributed by atoms with Crippen molar-refractivity contribution in [3.63, 3.8) is 0 Å². The van der Waals surface area contributed by atoms with Gasteiger partial charge in [-0.15, -0.1) is 5.10 Å². The molecule has 3 rings (SSSR count). The summed E-state index contributed by atoms with van der Waals surface area (Å²) in [5, 5.41) is 9.77. The maximum absolute atomic E-state index is 12.5. The largest absolute Gasteiger partial charge is 0.367 e. The summed E-state index contributed by atoms with van der Waals surface area (Å²) in [4.78, 5) is 20.9. The lowest BCUT2D eigenvalue weighted by atomic mass is 10.2. The Hall–Kier alpha value is -2.61. The highest BCUT2D eigenvalue weighted by molar-refractivity contribution is 6.30. The van der Waals surface area contributed by atoms with E-state index in [0.29, 0.717) is 27.9 Å². The standard InChI is InChI=1S/C13H14ClN7O/c1-6-10(21-5-8(14)3-4-9(21)16-6)12(22)17-7(2)11-18-13(15)20-19-11/h3-5,7H,1-2H3,(H,17,22)(H3,15,18,19,20). The lowest BCUT2D eigenvalue weighted by Gasteiger charge is -2.11. The summed E-state index contributed by atoms with van der Waals surface area (Å²) < 4.78 is 1.66. The number of H-pyrrole nitrogens is 1. The zero-order chi connectivity index (χ0) is 15.9. The smallest absolute Gasteiger partial charge is 0.270 e. The number of nitrogen functional groups attached to an aromatic ring is 1. The van der Waals surface area contributed by atoms with Gasteiger partial charge in [0, 0.05) is 6.20 Å². The number of pyridine rings is 1. The molecular weight excluding hydrogens is 306 g/mol. The Morgan fingerprint density at radius 1 is 1.45 bits per heavy atom. The number of amides is 1. The molecule has 3 heterocycles. The maximum Gasteiger partial charge on any atom is 0.270 e. The van der Waals surface area contributed by atoms with Gasteiger partial charge in [0.25, 0.3) is 5.91 Å². The fourth-order valence-electron chi connectivity index (χ4n) is 2.22. The number of nitrogens with one attached hydrogen (secondary N) is 2. The number of fused-ring (bicyclic) bond motifs is 1. The quantitative estimate of drug-likeness (QED) is 0.676. The third-order valence-electron chi connectivity index (χ3n) is 3.25. The molecule has 8 nitrogen and oxygen atoms in total. The second-order valence-corrected chi connectivity index (χ2v) is 5.33. The van der Waals surface area contributed by atoms with Crippen LogP contribution in [0.15, 0.2) is 18.3 Å². The third-order valence-corrected chi connectivity index (χ3v) is 3.47. The van der Waals surface area contributed by atoms with Crippen molar-refractivity contribution in [3.8, 4) is 0 Å². The van der Waals surface area contributed by atoms with Crippen LogP contribution in [0.5, 0.6) is 0 Å². The fraction of sp³-hybridized carbons (Fsp3) is 0.231. The zero-order valence-electron chi connectivity index (χ0n) is 12.0. The lowest BCUT2D eigenvalue weighted by molar-refractivity contribution is 0.0931. The number of carbonyl (C=O) groups excluding carboxylic acids is 1. The minimum Gasteiger partial charge on any atom is -0.367 e. The summed E-state index contributed by atoms with van der Waals surface area (Å²) in [5.74, 6) is 0.332. The molecule has 3 aromatic heterocycles. The number of aromatic amines is 1. The predicted octanol–water partition coefficient (Wildman–Crippen LogP) is 1.49. The van der Waals surface area contributed by atoms with Crippen LogP contribution in [0.1, 0.15) is 35.0 Å². The first-order valence-electron chi connectivity index (χ1n) is 6.58. The summed E-state index contributed by atoms with van der Waals surface area (Å²) >= 11 is 5.99. The summed E-state index contributed by atoms with van der Waals surface area (Å²) in [5.41, 5.74) is 7.16. The Morgan fingerprint density at radius 2 is 2.23 bits per heavy atom. The topological polar surface area (TPSA) is 114 Å². The van der Waals surface area contributed by atoms with E-state index in [2.05, 4.69) is 25.5 Å². The number of anilines is 1. The molecular formula is C13H14ClN7O. The van der Waals surface area contributed by atoms with Crippen molar-refractivity contribution in [3.05, 3.63) is 40.6 Å². The molecule has 1 amide bonds. The molecule has 4 N–H and O–H groups in total. The number of hydrogen-bond acceptors (Lipinski definition) is 5. The van der Waals surface area contributed by atoms with Crippen molar-refractivity contribution < 1.29 is 4.79 Å². The van der Waals surface area contributed by atoms with Crippen LogP contribution < -0.4 is 11.1 Å². The molecule has 0 saturated carbocycles. The van der Waals surface area contributed by atoms with Crippen LogP contribution in [0.4, 0.5) is 5.95 Å². The van der Waals surface area contributed by atoms with Gasteiger partial charge < -0.3 is 11.1 Å². The van der Waals surface area contributed by atoms with Gasteiger partial charge >= 0.3 is 0 Å². The molecule has 1 unspecified atom stereocenters. The van der Waals surface area contributed by atoms with Crippen molar-refractivity contribution in [1.82, 2.24) is 29.9 Å². The minimum atomic E-state index is -0.374. The number of rotatable bonds is 3. The predicted molar refractivity (Wildman–Crippen MR) is 81.6 cm³/mol. The van der Waals surface area contributed by atoms with E-state index in [0.717, 1.165) is 0 Å². The molecule has 0 aliphatic rings. The van der Waals surface area contributed by atoms with Gasteiger partial charge in [0.2, 0.25) is 5.95 Å². The van der Waals surface area contributed by atoms with Crippen LogP contribution in [0, 0.1) is 6.92 Å². The fourth-order valence-corrected chi connectivity index (χ4v) is 2.39. The molecule has 1 atom stereocenters. The van der Waals surface area contributed by atoms with E-state index >= 15 is 0 Å². The van der Waals surface area contributed by atoms with Crippen molar-refractivity contribution in [2.75, 3.05) is 5.73 Å². The van der Waals surface area contributed by atoms with Crippen molar-refractivity contribution in [1.29, 1.82) is 0 Å². The number of aryl methyl sites for hydroxylation is 1. The normalized spacial score (nSPS) is 12.5. The second kappa shape index (κ2) is 5.30. The number of nitrogens with two attached hydrogens (primary N) is 1. The molecule has 0 bridgehead atoms. The van der Waals surface area contributed by atoms with Gasteiger partial charge in [0.1, 0.15) is 17.2 Å². The highest BCUT2D eigenvalue weighted by atomic mass is 35.5. The van der Waals surface area contributed by atoms with E-state index < -0.39 is 0 Å². The van der Waals surface area contributed by atoms with Crippen LogP contribution in [-0.2, 0) is 0 Å². The number of halogens is 1. The number of nitrogens with zero attached hydrogens (tertiary/aromatic N) is 4. The number of aromatic nitrogens is 5. The van der Waals surface area contributed by atoms with E-state index in [1.54, 1.807) is 36.6 Å². The molecule has 9 heteroatoms. The second-order valence-electron chi connectivity index (χ2n) is 4.90. The molecule has 0 spiro atoms. The van der Waals surface area contributed by atoms with Gasteiger partial charge in [0.05, 0.1) is 16.8 Å². The van der Waals surface area contributed by atoms with Gasteiger partial charge in [0.15, 0.2) is 0 Å². The van der Waals surface area contributed by atoms with Gasteiger partial charge in [-0.3, -0.25) is 14.3 Å². The first kappa shape index (κ1) is 14.3. The zero-order valence-corrected chi connectivity index (χ0v) is 12.7. The SMILES string of the molecule is Cc1nc2ccc(Cl)cn2c1C(=O)NC(C)c1nc(N)n[nH]1. The highest BCUT2D eigenvalue weighted by Gasteiger charge is 2.20. The Morgan fingerprint density at radius 3 is 2.91 bits per heavy atom. The van der Waals surface area contributed by atoms with E-state index in [-0.39, 0.29) is 17.9 Å². The molecule has 114 valence electrons. The Kier molecular flexibility index (Phi) is 3.45. The average molecular weight is 320 g/mol. The van der Waals surface area contributed by atoms with Gasteiger partial charge in [-0.05, 0) is 26.0 Å². The molecule has 0 aliphatic carbocycles. The average Bonchev–Trinajstić information content (AvgIpc) is 3.01. The first-order chi connectivity index (χ1) is 10.5. The van der Waals surface area contributed by atoms with Crippen LogP contribution in [0.3, 0.4) is 0 Å². The van der Waals surface area contributed by atoms with E-state index in [1.807, 2.05) is 0 Å². The Labute approximate surface area is 130 Å². The van der Waals surface area contributed by atoms with E-state index in [9.17, 15) is 4.79 Å². The first-order valence-corrected chi connectivity index (χ1v) is 6.96. The number of hydrogen-bond donors (Lipinski definition) is 3. The Bertz CT molecular complexity index is 853. The van der Waals surface area contributed by atoms with Crippen LogP contribution in [-0.4, -0.2) is 30.5 Å². The minimum absolute atomic E-state index is 0.133. The van der Waals surface area contributed by atoms with Crippen LogP contribution >= 0.6 is 11.6 Å². The molecule has 0 fully saturated rings. The molecule has 0 aromatic carbocycles. The summed E-state index contributed by atoms with van der Waals surface area (Å²) in [6, 6.07) is 3.11. The summed E-state index contributed by atoms with van der Waals surface area (Å²) in [7, 11) is 0. The Balaban J connectivity index is 1.92. The van der Waals surface area contributed by atoms with Crippen LogP contribution in [0.2, 0.25) is 5.02 Å². The van der Waals surface area contributed by atoms with E-state index in [4.69, 9.17) is 17.3 Å². The lowest BCUT2D eigenvalue weighted by Crippen LogP contribution is -2.29. The molecule has 0 saturated heterocycles. The van der Waals surface area contributed by atoms with E-state index in [1.165, 1.54) is 0 Å². The molecule has 3 aromatic rings. The van der Waals surface area contributed by atoms with Crippen LogP contribution in [0.25, 0.3) is 5.65 Å². The van der Waals surface area contributed by atoms with Gasteiger partial charge in [-0.1, -0.05) is 11.6 Å². The summed E-state index contributed by atoms with van der Waals surface area (Å²) in [6.45, 7) is 3.55. The monoisotopic (exact) mass is 319 g/mol. The molecule has 22 heavy (non-hydrogen) atoms. The van der Waals surface area contributed by atoms with Gasteiger partial charge in [-0.25, -0.2) is 4.98 Å². The highest BCUT2D eigenvalue weighted by Crippen LogP contribution is 2.17.